The van der Waals surface area contributed by atoms with Crippen molar-refractivity contribution in [2.75, 3.05) is 32.8 Å². The molecule has 3 heterocycles. The average molecular weight is 598 g/mol. The Morgan fingerprint density at radius 2 is 1.84 bits per heavy atom. The highest BCUT2D eigenvalue weighted by Gasteiger charge is 2.44. The van der Waals surface area contributed by atoms with E-state index in [4.69, 9.17) is 4.74 Å². The van der Waals surface area contributed by atoms with E-state index in [1.165, 1.54) is 5.56 Å². The molecule has 10 nitrogen and oxygen atoms in total. The number of benzene rings is 1. The molecule has 0 unspecified atom stereocenters. The Morgan fingerprint density at radius 1 is 1.09 bits per heavy atom. The number of carbonyl (C=O) groups is 4. The largest absolute Gasteiger partial charge is 0.381 e. The Morgan fingerprint density at radius 3 is 2.56 bits per heavy atom. The molecule has 3 aliphatic heterocycles. The molecule has 1 aromatic rings. The van der Waals surface area contributed by atoms with Crippen LogP contribution in [0.5, 0.6) is 0 Å². The number of fused-ring (bicyclic) bond motifs is 1. The van der Waals surface area contributed by atoms with Gasteiger partial charge in [-0.2, -0.15) is 0 Å². The second-order valence-corrected chi connectivity index (χ2v) is 13.8. The summed E-state index contributed by atoms with van der Waals surface area (Å²) in [6, 6.07) is 9.33. The quantitative estimate of drug-likeness (QED) is 0.324. The Hall–Kier alpha value is -2.98. The Bertz CT molecular complexity index is 1100. The minimum atomic E-state index is -0.759. The highest BCUT2D eigenvalue weighted by atomic mass is 16.5. The van der Waals surface area contributed by atoms with Crippen LogP contribution in [0.2, 0.25) is 0 Å². The van der Waals surface area contributed by atoms with Crippen LogP contribution in [0.25, 0.3) is 0 Å². The summed E-state index contributed by atoms with van der Waals surface area (Å²) in [6.45, 7) is 9.02. The molecule has 3 aliphatic rings. The number of nitrogens with one attached hydrogen (secondary N) is 4. The van der Waals surface area contributed by atoms with Crippen LogP contribution in [0.4, 0.5) is 0 Å². The van der Waals surface area contributed by atoms with Crippen LogP contribution in [-0.4, -0.2) is 79.5 Å². The van der Waals surface area contributed by atoms with Crippen LogP contribution in [0, 0.1) is 10.8 Å². The zero-order valence-corrected chi connectivity index (χ0v) is 26.2. The van der Waals surface area contributed by atoms with Crippen LogP contribution in [-0.2, 0) is 30.5 Å². The highest BCUT2D eigenvalue weighted by molar-refractivity contribution is 5.90. The van der Waals surface area contributed by atoms with Crippen molar-refractivity contribution in [3.8, 4) is 0 Å². The topological polar surface area (TPSA) is 129 Å². The van der Waals surface area contributed by atoms with Gasteiger partial charge in [0.25, 0.3) is 0 Å². The Balaban J connectivity index is 1.42. The van der Waals surface area contributed by atoms with E-state index in [1.54, 1.807) is 4.90 Å². The molecule has 0 saturated carbocycles. The third kappa shape index (κ3) is 9.76. The summed E-state index contributed by atoms with van der Waals surface area (Å²) in [5.41, 5.74) is 0.352. The average Bonchev–Trinajstić information content (AvgIpc) is 2.99. The van der Waals surface area contributed by atoms with Crippen LogP contribution in [0.1, 0.15) is 84.1 Å². The molecule has 0 aromatic heterocycles. The van der Waals surface area contributed by atoms with Crippen LogP contribution >= 0.6 is 0 Å². The minimum absolute atomic E-state index is 0.0391. The fraction of sp³-hybridized carbons (Fsp3) is 0.697. The van der Waals surface area contributed by atoms with E-state index in [-0.39, 0.29) is 54.1 Å². The number of nitrogens with zero attached hydrogens (tertiary/aromatic N) is 1. The third-order valence-corrected chi connectivity index (χ3v) is 8.94. The van der Waals surface area contributed by atoms with Gasteiger partial charge in [0.2, 0.25) is 23.6 Å². The van der Waals surface area contributed by atoms with Crippen molar-refractivity contribution in [3.05, 3.63) is 35.9 Å². The lowest BCUT2D eigenvalue weighted by Gasteiger charge is -2.39. The van der Waals surface area contributed by atoms with Gasteiger partial charge in [-0.3, -0.25) is 19.2 Å². The van der Waals surface area contributed by atoms with Crippen molar-refractivity contribution in [3.63, 3.8) is 0 Å². The summed E-state index contributed by atoms with van der Waals surface area (Å²) in [6.07, 6.45) is 5.10. The molecule has 1 spiro atoms. The molecule has 3 fully saturated rings. The fourth-order valence-corrected chi connectivity index (χ4v) is 6.36. The predicted octanol–water partition coefficient (Wildman–Crippen LogP) is 2.66. The SMILES string of the molecule is CC(C)(C)CC(=O)NCCCC[C@H]1CC(=O)N2CC[C@@H](NCc3ccccc3)C[C@H]2C(=O)NCC2(CCOCC2)C(=O)N1. The summed E-state index contributed by atoms with van der Waals surface area (Å²) in [4.78, 5) is 55.0. The van der Waals surface area contributed by atoms with Crippen LogP contribution < -0.4 is 21.3 Å². The van der Waals surface area contributed by atoms with Crippen molar-refractivity contribution in [1.82, 2.24) is 26.2 Å². The van der Waals surface area contributed by atoms with E-state index >= 15 is 0 Å². The van der Waals surface area contributed by atoms with Crippen molar-refractivity contribution < 1.29 is 23.9 Å². The van der Waals surface area contributed by atoms with Crippen molar-refractivity contribution in [2.45, 2.75) is 103 Å². The van der Waals surface area contributed by atoms with E-state index in [1.807, 2.05) is 39.0 Å². The smallest absolute Gasteiger partial charge is 0.242 e. The van der Waals surface area contributed by atoms with Gasteiger partial charge in [-0.05, 0) is 55.9 Å². The van der Waals surface area contributed by atoms with Gasteiger partial charge in [-0.15, -0.1) is 0 Å². The zero-order valence-electron chi connectivity index (χ0n) is 26.2. The highest BCUT2D eigenvalue weighted by Crippen LogP contribution is 2.32. The van der Waals surface area contributed by atoms with Gasteiger partial charge in [0, 0.05) is 64.3 Å². The van der Waals surface area contributed by atoms with E-state index in [9.17, 15) is 19.2 Å². The standard InChI is InChI=1S/C33H51N5O5/c1-32(2,3)21-28(39)34-15-8-7-11-26-20-29(40)38-16-12-25(35-22-24-9-5-4-6-10-24)19-27(38)30(41)36-23-33(31(42)37-26)13-17-43-18-14-33/h4-6,9-10,25-27,35H,7-8,11-23H2,1-3H3,(H,34,39)(H,36,41)(H,37,42)/t25-,26+,27+/m1/s1. The molecular formula is C33H51N5O5. The van der Waals surface area contributed by atoms with E-state index in [2.05, 4.69) is 33.4 Å². The molecule has 3 atom stereocenters. The van der Waals surface area contributed by atoms with Gasteiger partial charge in [0.05, 0.1) is 5.41 Å². The van der Waals surface area contributed by atoms with Crippen molar-refractivity contribution >= 4 is 23.6 Å². The second kappa shape index (κ2) is 15.1. The number of amides is 4. The normalized spacial score (nSPS) is 24.9. The lowest BCUT2D eigenvalue weighted by atomic mass is 9.78. The first-order valence-corrected chi connectivity index (χ1v) is 16.0. The number of ether oxygens (including phenoxy) is 1. The molecule has 4 amide bonds. The lowest BCUT2D eigenvalue weighted by Crippen LogP contribution is -2.58. The van der Waals surface area contributed by atoms with Gasteiger partial charge in [0.1, 0.15) is 6.04 Å². The van der Waals surface area contributed by atoms with Gasteiger partial charge in [-0.1, -0.05) is 51.1 Å². The second-order valence-electron chi connectivity index (χ2n) is 13.8. The summed E-state index contributed by atoms with van der Waals surface area (Å²) in [7, 11) is 0. The van der Waals surface area contributed by atoms with Gasteiger partial charge in [-0.25, -0.2) is 0 Å². The van der Waals surface area contributed by atoms with Gasteiger partial charge < -0.3 is 30.9 Å². The maximum atomic E-state index is 13.7. The summed E-state index contributed by atoms with van der Waals surface area (Å²) in [5, 5.41) is 12.8. The van der Waals surface area contributed by atoms with Crippen molar-refractivity contribution in [1.29, 1.82) is 0 Å². The molecule has 0 bridgehead atoms. The monoisotopic (exact) mass is 597 g/mol. The van der Waals surface area contributed by atoms with Crippen molar-refractivity contribution in [2.24, 2.45) is 10.8 Å². The Kier molecular flexibility index (Phi) is 11.6. The van der Waals surface area contributed by atoms with Crippen LogP contribution in [0.3, 0.4) is 0 Å². The molecule has 238 valence electrons. The number of hydrogen-bond donors (Lipinski definition) is 4. The van der Waals surface area contributed by atoms with E-state index < -0.39 is 11.5 Å². The lowest BCUT2D eigenvalue weighted by molar-refractivity contribution is -0.143. The molecule has 4 N–H and O–H groups in total. The third-order valence-electron chi connectivity index (χ3n) is 8.94. The first-order chi connectivity index (χ1) is 20.5. The van der Waals surface area contributed by atoms with Gasteiger partial charge in [0.15, 0.2) is 0 Å². The first-order valence-electron chi connectivity index (χ1n) is 16.0. The van der Waals surface area contributed by atoms with E-state index in [0.29, 0.717) is 65.0 Å². The van der Waals surface area contributed by atoms with Gasteiger partial charge >= 0.3 is 0 Å². The minimum Gasteiger partial charge on any atom is -0.381 e. The molecule has 0 aliphatic carbocycles. The predicted molar refractivity (Wildman–Crippen MR) is 165 cm³/mol. The first kappa shape index (κ1) is 32.9. The number of hydrogen-bond acceptors (Lipinski definition) is 6. The van der Waals surface area contributed by atoms with E-state index in [0.717, 1.165) is 19.3 Å². The molecule has 43 heavy (non-hydrogen) atoms. The molecule has 0 radical (unpaired) electrons. The summed E-state index contributed by atoms with van der Waals surface area (Å²) in [5.74, 6) is -0.372. The summed E-state index contributed by atoms with van der Waals surface area (Å²) >= 11 is 0. The fourth-order valence-electron chi connectivity index (χ4n) is 6.36. The molecule has 3 saturated heterocycles. The molecule has 10 heteroatoms. The Labute approximate surface area is 256 Å². The maximum Gasteiger partial charge on any atom is 0.242 e. The zero-order chi connectivity index (χ0) is 30.9. The summed E-state index contributed by atoms with van der Waals surface area (Å²) < 4.78 is 5.58. The molecule has 4 rings (SSSR count). The molecular weight excluding hydrogens is 546 g/mol. The number of carbonyl (C=O) groups excluding carboxylic acids is 4. The van der Waals surface area contributed by atoms with Crippen LogP contribution in [0.15, 0.2) is 30.3 Å². The maximum absolute atomic E-state index is 13.7. The number of rotatable bonds is 9. The number of piperidine rings is 1. The number of unbranched alkanes of at least 4 members (excludes halogenated alkanes) is 1. The molecule has 1 aromatic carbocycles.